The van der Waals surface area contributed by atoms with Gasteiger partial charge in [-0.05, 0) is 41.3 Å². The molecule has 0 spiro atoms. The number of methoxy groups -OCH3 is 1. The van der Waals surface area contributed by atoms with Crippen molar-refractivity contribution in [2.45, 2.75) is 38.6 Å². The lowest BCUT2D eigenvalue weighted by Gasteiger charge is -2.26. The number of hydrogen-bond donors (Lipinski definition) is 1. The summed E-state index contributed by atoms with van der Waals surface area (Å²) in [6.45, 7) is 5.90. The lowest BCUT2D eigenvalue weighted by atomic mass is 9.84. The van der Waals surface area contributed by atoms with Gasteiger partial charge in [-0.15, -0.1) is 13.2 Å². The van der Waals surface area contributed by atoms with Gasteiger partial charge in [0.15, 0.2) is 0 Å². The van der Waals surface area contributed by atoms with E-state index in [2.05, 4.69) is 4.74 Å². The minimum absolute atomic E-state index is 0.00636. The summed E-state index contributed by atoms with van der Waals surface area (Å²) < 4.78 is 48.0. The van der Waals surface area contributed by atoms with Crippen LogP contribution in [0.2, 0.25) is 0 Å². The fraction of sp³-hybridized carbons (Fsp3) is 0.241. The third-order valence-electron chi connectivity index (χ3n) is 6.17. The molecule has 1 saturated heterocycles. The summed E-state index contributed by atoms with van der Waals surface area (Å²) in [4.78, 5) is 27.7. The van der Waals surface area contributed by atoms with Crippen molar-refractivity contribution in [3.05, 3.63) is 95.1 Å². The van der Waals surface area contributed by atoms with Gasteiger partial charge in [0.25, 0.3) is 11.7 Å². The molecule has 6 nitrogen and oxygen atoms in total. The second-order valence-electron chi connectivity index (χ2n) is 9.79. The van der Waals surface area contributed by atoms with E-state index < -0.39 is 35.6 Å². The lowest BCUT2D eigenvalue weighted by Crippen LogP contribution is -2.29. The van der Waals surface area contributed by atoms with E-state index in [1.54, 1.807) is 48.5 Å². The van der Waals surface area contributed by atoms with Crippen LogP contribution >= 0.6 is 0 Å². The van der Waals surface area contributed by atoms with Gasteiger partial charge in [0.05, 0.1) is 18.7 Å². The van der Waals surface area contributed by atoms with E-state index in [0.717, 1.165) is 22.6 Å². The molecule has 1 amide bonds. The van der Waals surface area contributed by atoms with Crippen LogP contribution in [-0.4, -0.2) is 30.3 Å². The molecule has 1 atom stereocenters. The molecule has 1 fully saturated rings. The Morgan fingerprint density at radius 2 is 1.61 bits per heavy atom. The number of anilines is 1. The number of halogens is 3. The van der Waals surface area contributed by atoms with E-state index in [1.165, 1.54) is 19.2 Å². The summed E-state index contributed by atoms with van der Waals surface area (Å²) in [7, 11) is 1.53. The summed E-state index contributed by atoms with van der Waals surface area (Å²) >= 11 is 0. The SMILES string of the molecule is COc1ccc(/C(O)=C2/C(=O)C(=O)N(c3cccc(OC(F)(F)F)c3)C2c2ccccc2)cc1C(C)(C)C. The number of aliphatic hydroxyl groups excluding tert-OH is 1. The standard InChI is InChI=1S/C29H26F3NO5/c1-28(2,3)21-15-18(13-14-22(21)37-4)25(34)23-24(17-9-6-5-7-10-17)33(27(36)26(23)35)19-11-8-12-20(16-19)38-29(30,31)32/h5-16,24,34H,1-4H3/b25-23-. The molecule has 198 valence electrons. The number of aliphatic hydroxyl groups is 1. The van der Waals surface area contributed by atoms with Gasteiger partial charge in [0.1, 0.15) is 17.3 Å². The lowest BCUT2D eigenvalue weighted by molar-refractivity contribution is -0.274. The topological polar surface area (TPSA) is 76.1 Å². The van der Waals surface area contributed by atoms with Gasteiger partial charge < -0.3 is 14.6 Å². The average Bonchev–Trinajstić information content (AvgIpc) is 3.12. The molecule has 1 heterocycles. The third-order valence-corrected chi connectivity index (χ3v) is 6.17. The molecule has 0 radical (unpaired) electrons. The Labute approximate surface area is 217 Å². The molecule has 0 aliphatic carbocycles. The number of ketones is 1. The van der Waals surface area contributed by atoms with Crippen LogP contribution in [0.1, 0.15) is 43.5 Å². The quantitative estimate of drug-likeness (QED) is 0.233. The summed E-state index contributed by atoms with van der Waals surface area (Å²) in [5.41, 5.74) is 1.00. The zero-order chi connectivity index (χ0) is 27.8. The number of hydrogen-bond acceptors (Lipinski definition) is 5. The molecule has 1 aliphatic heterocycles. The number of amides is 1. The molecule has 1 unspecified atom stereocenters. The Hall–Kier alpha value is -4.27. The van der Waals surface area contributed by atoms with Gasteiger partial charge in [0, 0.05) is 22.9 Å². The first kappa shape index (κ1) is 26.8. The number of nitrogens with zero attached hydrogens (tertiary/aromatic N) is 1. The molecule has 3 aromatic rings. The second kappa shape index (κ2) is 9.89. The van der Waals surface area contributed by atoms with Gasteiger partial charge in [0.2, 0.25) is 0 Å². The van der Waals surface area contributed by atoms with Crippen molar-refractivity contribution in [2.24, 2.45) is 0 Å². The van der Waals surface area contributed by atoms with Gasteiger partial charge in [-0.2, -0.15) is 0 Å². The average molecular weight is 526 g/mol. The number of ether oxygens (including phenoxy) is 2. The van der Waals surface area contributed by atoms with Crippen molar-refractivity contribution in [1.29, 1.82) is 0 Å². The number of benzene rings is 3. The molecule has 0 bridgehead atoms. The maximum Gasteiger partial charge on any atom is 0.573 e. The summed E-state index contributed by atoms with van der Waals surface area (Å²) in [5, 5.41) is 11.4. The molecule has 4 rings (SSSR count). The van der Waals surface area contributed by atoms with Gasteiger partial charge in [-0.1, -0.05) is 57.2 Å². The van der Waals surface area contributed by atoms with Crippen LogP contribution in [0.25, 0.3) is 5.76 Å². The first-order valence-corrected chi connectivity index (χ1v) is 11.7. The smallest absolute Gasteiger partial charge is 0.507 e. The maximum absolute atomic E-state index is 13.4. The fourth-order valence-corrected chi connectivity index (χ4v) is 4.48. The highest BCUT2D eigenvalue weighted by molar-refractivity contribution is 6.51. The number of Topliss-reactive ketones (excluding diaryl/α,β-unsaturated/α-hetero) is 1. The molecule has 0 aromatic heterocycles. The van der Waals surface area contributed by atoms with Gasteiger partial charge in [-0.25, -0.2) is 0 Å². The van der Waals surface area contributed by atoms with Crippen LogP contribution in [0.15, 0.2) is 78.4 Å². The number of carbonyl (C=O) groups is 2. The van der Waals surface area contributed by atoms with Crippen molar-refractivity contribution in [1.82, 2.24) is 0 Å². The van der Waals surface area contributed by atoms with Crippen molar-refractivity contribution in [3.63, 3.8) is 0 Å². The Kier molecular flexibility index (Phi) is 6.97. The molecule has 9 heteroatoms. The minimum atomic E-state index is -4.94. The molecular weight excluding hydrogens is 499 g/mol. The largest absolute Gasteiger partial charge is 0.573 e. The van der Waals surface area contributed by atoms with Crippen LogP contribution < -0.4 is 14.4 Å². The fourth-order valence-electron chi connectivity index (χ4n) is 4.48. The molecule has 38 heavy (non-hydrogen) atoms. The maximum atomic E-state index is 13.4. The van der Waals surface area contributed by atoms with E-state index in [4.69, 9.17) is 4.74 Å². The summed E-state index contributed by atoms with van der Waals surface area (Å²) in [5.74, 6) is -2.32. The number of carbonyl (C=O) groups excluding carboxylic acids is 2. The first-order chi connectivity index (χ1) is 17.8. The Bertz CT molecular complexity index is 1410. The predicted molar refractivity (Wildman–Crippen MR) is 136 cm³/mol. The summed E-state index contributed by atoms with van der Waals surface area (Å²) in [6.07, 6.45) is -4.94. The zero-order valence-electron chi connectivity index (χ0n) is 21.2. The first-order valence-electron chi connectivity index (χ1n) is 11.7. The molecule has 1 aliphatic rings. The molecule has 3 aromatic carbocycles. The highest BCUT2D eigenvalue weighted by Crippen LogP contribution is 2.44. The van der Waals surface area contributed by atoms with Crippen molar-refractivity contribution >= 4 is 23.1 Å². The van der Waals surface area contributed by atoms with Crippen molar-refractivity contribution < 1.29 is 37.3 Å². The second-order valence-corrected chi connectivity index (χ2v) is 9.79. The van der Waals surface area contributed by atoms with E-state index in [-0.39, 0.29) is 16.7 Å². The van der Waals surface area contributed by atoms with E-state index in [9.17, 15) is 27.9 Å². The third kappa shape index (κ3) is 5.22. The Morgan fingerprint density at radius 1 is 0.921 bits per heavy atom. The minimum Gasteiger partial charge on any atom is -0.507 e. The Morgan fingerprint density at radius 3 is 2.21 bits per heavy atom. The van der Waals surface area contributed by atoms with Crippen molar-refractivity contribution in [2.75, 3.05) is 12.0 Å². The molecule has 1 N–H and O–H groups in total. The van der Waals surface area contributed by atoms with Crippen LogP contribution in [-0.2, 0) is 15.0 Å². The van der Waals surface area contributed by atoms with Crippen LogP contribution in [0.5, 0.6) is 11.5 Å². The monoisotopic (exact) mass is 525 g/mol. The number of rotatable bonds is 5. The van der Waals surface area contributed by atoms with E-state index in [0.29, 0.717) is 16.9 Å². The normalized spacial score (nSPS) is 17.6. The van der Waals surface area contributed by atoms with Crippen molar-refractivity contribution in [3.8, 4) is 11.5 Å². The van der Waals surface area contributed by atoms with Gasteiger partial charge >= 0.3 is 6.36 Å². The Balaban J connectivity index is 1.91. The summed E-state index contributed by atoms with van der Waals surface area (Å²) in [6, 6.07) is 17.1. The highest BCUT2D eigenvalue weighted by Gasteiger charge is 2.47. The van der Waals surface area contributed by atoms with Crippen LogP contribution in [0, 0.1) is 0 Å². The highest BCUT2D eigenvalue weighted by atomic mass is 19.4. The molecule has 0 saturated carbocycles. The van der Waals surface area contributed by atoms with Gasteiger partial charge in [-0.3, -0.25) is 14.5 Å². The molecular formula is C29H26F3NO5. The van der Waals surface area contributed by atoms with Crippen LogP contribution in [0.4, 0.5) is 18.9 Å². The van der Waals surface area contributed by atoms with E-state index in [1.807, 2.05) is 20.8 Å². The van der Waals surface area contributed by atoms with Crippen LogP contribution in [0.3, 0.4) is 0 Å². The zero-order valence-corrected chi connectivity index (χ0v) is 21.2. The predicted octanol–water partition coefficient (Wildman–Crippen LogP) is 6.52. The van der Waals surface area contributed by atoms with E-state index >= 15 is 0 Å². The number of alkyl halides is 3.